The lowest BCUT2D eigenvalue weighted by atomic mass is 9.49. The van der Waals surface area contributed by atoms with E-state index in [0.29, 0.717) is 30.0 Å². The molecule has 1 N–H and O–H groups in total. The first kappa shape index (κ1) is 22.1. The Hall–Kier alpha value is -2.08. The highest BCUT2D eigenvalue weighted by Crippen LogP contribution is 2.60. The zero-order chi connectivity index (χ0) is 22.0. The maximum absolute atomic E-state index is 12.9. The van der Waals surface area contributed by atoms with Crippen molar-refractivity contribution >= 4 is 35.1 Å². The Bertz CT molecular complexity index is 832. The van der Waals surface area contributed by atoms with E-state index in [9.17, 15) is 14.4 Å². The van der Waals surface area contributed by atoms with E-state index in [1.54, 1.807) is 6.07 Å². The maximum Gasteiger partial charge on any atom is 0.339 e. The fraction of sp³-hybridized carbons (Fsp3) is 0.625. The van der Waals surface area contributed by atoms with Gasteiger partial charge >= 0.3 is 11.9 Å². The standard InChI is InChI=1S/C24H30ClNO5/c1-2-3-6-30-22(28)19-10-18(4-5-20(19)25)26-21(27)14-31-23(29)24-11-15-7-16(12-24)9-17(8-15)13-24/h4-5,10,15-17H,2-3,6-9,11-14H2,1H3,(H,26,27). The largest absolute Gasteiger partial charge is 0.462 e. The van der Waals surface area contributed by atoms with E-state index in [4.69, 9.17) is 21.1 Å². The maximum atomic E-state index is 12.9. The van der Waals surface area contributed by atoms with E-state index in [2.05, 4.69) is 5.32 Å². The highest BCUT2D eigenvalue weighted by Gasteiger charge is 2.55. The normalized spacial score (nSPS) is 28.3. The predicted octanol–water partition coefficient (Wildman–Crippen LogP) is 5.00. The number of carbonyl (C=O) groups is 3. The van der Waals surface area contributed by atoms with Crippen LogP contribution < -0.4 is 5.32 Å². The van der Waals surface area contributed by atoms with Crippen molar-refractivity contribution in [2.75, 3.05) is 18.5 Å². The van der Waals surface area contributed by atoms with Gasteiger partial charge in [0.2, 0.25) is 0 Å². The molecule has 4 saturated carbocycles. The summed E-state index contributed by atoms with van der Waals surface area (Å²) in [6, 6.07) is 4.62. The summed E-state index contributed by atoms with van der Waals surface area (Å²) in [5, 5.41) is 2.94. The molecule has 1 aromatic rings. The van der Waals surface area contributed by atoms with Crippen molar-refractivity contribution < 1.29 is 23.9 Å². The molecule has 168 valence electrons. The van der Waals surface area contributed by atoms with Crippen molar-refractivity contribution in [1.29, 1.82) is 0 Å². The molecule has 0 aromatic heterocycles. The summed E-state index contributed by atoms with van der Waals surface area (Å²) in [6.07, 6.45) is 8.13. The highest BCUT2D eigenvalue weighted by molar-refractivity contribution is 6.33. The minimum atomic E-state index is -0.525. The lowest BCUT2D eigenvalue weighted by Crippen LogP contribution is -2.50. The van der Waals surface area contributed by atoms with E-state index in [1.807, 2.05) is 6.92 Å². The average Bonchev–Trinajstić information content (AvgIpc) is 2.72. The van der Waals surface area contributed by atoms with Gasteiger partial charge in [0.1, 0.15) is 0 Å². The summed E-state index contributed by atoms with van der Waals surface area (Å²) in [4.78, 5) is 37.5. The third-order valence-electron chi connectivity index (χ3n) is 7.01. The molecule has 0 spiro atoms. The van der Waals surface area contributed by atoms with Crippen molar-refractivity contribution in [3.63, 3.8) is 0 Å². The molecule has 0 saturated heterocycles. The summed E-state index contributed by atoms with van der Waals surface area (Å²) in [5.41, 5.74) is 0.217. The lowest BCUT2D eigenvalue weighted by Gasteiger charge is -2.55. The van der Waals surface area contributed by atoms with Gasteiger partial charge in [-0.2, -0.15) is 0 Å². The Morgan fingerprint density at radius 2 is 1.71 bits per heavy atom. The van der Waals surface area contributed by atoms with E-state index in [-0.39, 0.29) is 28.6 Å². The molecule has 7 heteroatoms. The number of anilines is 1. The fourth-order valence-electron chi connectivity index (χ4n) is 5.99. The lowest BCUT2D eigenvalue weighted by molar-refractivity contribution is -0.172. The van der Waals surface area contributed by atoms with Crippen molar-refractivity contribution in [2.24, 2.45) is 23.2 Å². The third-order valence-corrected chi connectivity index (χ3v) is 7.34. The van der Waals surface area contributed by atoms with Crippen LogP contribution in [0.3, 0.4) is 0 Å². The number of hydrogen-bond donors (Lipinski definition) is 1. The number of ether oxygens (including phenoxy) is 2. The second kappa shape index (κ2) is 9.19. The number of esters is 2. The SMILES string of the molecule is CCCCOC(=O)c1cc(NC(=O)COC(=O)C23CC4CC(CC(C4)C2)C3)ccc1Cl. The second-order valence-corrected chi connectivity index (χ2v) is 9.91. The zero-order valence-corrected chi connectivity index (χ0v) is 18.7. The van der Waals surface area contributed by atoms with Gasteiger partial charge in [-0.05, 0) is 80.9 Å². The molecule has 5 rings (SSSR count). The Morgan fingerprint density at radius 3 is 2.32 bits per heavy atom. The second-order valence-electron chi connectivity index (χ2n) is 9.51. The van der Waals surface area contributed by atoms with Crippen LogP contribution in [0.2, 0.25) is 5.02 Å². The number of rotatable bonds is 8. The summed E-state index contributed by atoms with van der Waals surface area (Å²) in [5.74, 6) is 0.720. The van der Waals surface area contributed by atoms with Crippen LogP contribution in [0.15, 0.2) is 18.2 Å². The Labute approximate surface area is 188 Å². The van der Waals surface area contributed by atoms with Crippen molar-refractivity contribution in [3.8, 4) is 0 Å². The molecule has 0 atom stereocenters. The van der Waals surface area contributed by atoms with Crippen LogP contribution >= 0.6 is 11.6 Å². The molecule has 31 heavy (non-hydrogen) atoms. The van der Waals surface area contributed by atoms with E-state index >= 15 is 0 Å². The van der Waals surface area contributed by atoms with Gasteiger partial charge in [-0.15, -0.1) is 0 Å². The molecule has 1 amide bonds. The minimum Gasteiger partial charge on any atom is -0.462 e. The number of halogens is 1. The van der Waals surface area contributed by atoms with E-state index in [1.165, 1.54) is 31.4 Å². The molecule has 4 aliphatic rings. The quantitative estimate of drug-likeness (QED) is 0.448. The van der Waals surface area contributed by atoms with Gasteiger partial charge < -0.3 is 14.8 Å². The first-order valence-electron chi connectivity index (χ1n) is 11.3. The first-order valence-corrected chi connectivity index (χ1v) is 11.7. The van der Waals surface area contributed by atoms with E-state index in [0.717, 1.165) is 32.1 Å². The summed E-state index contributed by atoms with van der Waals surface area (Å²) < 4.78 is 10.7. The van der Waals surface area contributed by atoms with Crippen LogP contribution in [-0.2, 0) is 19.1 Å². The molecule has 0 radical (unpaired) electrons. The smallest absolute Gasteiger partial charge is 0.339 e. The molecule has 4 aliphatic carbocycles. The molecule has 1 aromatic carbocycles. The molecular weight excluding hydrogens is 418 g/mol. The predicted molar refractivity (Wildman–Crippen MR) is 117 cm³/mol. The fourth-order valence-corrected chi connectivity index (χ4v) is 6.18. The topological polar surface area (TPSA) is 81.7 Å². The number of benzene rings is 1. The van der Waals surface area contributed by atoms with Gasteiger partial charge in [0.25, 0.3) is 5.91 Å². The van der Waals surface area contributed by atoms with Gasteiger partial charge in [0, 0.05) is 5.69 Å². The van der Waals surface area contributed by atoms with Crippen LogP contribution in [0.1, 0.15) is 68.6 Å². The van der Waals surface area contributed by atoms with Crippen LogP contribution in [0.5, 0.6) is 0 Å². The van der Waals surface area contributed by atoms with Crippen LogP contribution in [0.25, 0.3) is 0 Å². The Kier molecular flexibility index (Phi) is 6.56. The molecule has 4 fully saturated rings. The summed E-state index contributed by atoms with van der Waals surface area (Å²) >= 11 is 6.11. The Morgan fingerprint density at radius 1 is 1.06 bits per heavy atom. The zero-order valence-electron chi connectivity index (χ0n) is 18.0. The molecule has 4 bridgehead atoms. The molecule has 6 nitrogen and oxygen atoms in total. The third kappa shape index (κ3) is 4.89. The van der Waals surface area contributed by atoms with Crippen molar-refractivity contribution in [3.05, 3.63) is 28.8 Å². The summed E-state index contributed by atoms with van der Waals surface area (Å²) in [6.45, 7) is 2.00. The molecule has 0 heterocycles. The van der Waals surface area contributed by atoms with Crippen molar-refractivity contribution in [2.45, 2.75) is 58.3 Å². The first-order chi connectivity index (χ1) is 14.9. The molecule has 0 aliphatic heterocycles. The number of nitrogens with one attached hydrogen (secondary N) is 1. The van der Waals surface area contributed by atoms with Gasteiger partial charge in [0.15, 0.2) is 6.61 Å². The van der Waals surface area contributed by atoms with Crippen LogP contribution in [0, 0.1) is 23.2 Å². The van der Waals surface area contributed by atoms with Gasteiger partial charge in [-0.1, -0.05) is 24.9 Å². The van der Waals surface area contributed by atoms with Crippen LogP contribution in [0.4, 0.5) is 5.69 Å². The molecular formula is C24H30ClNO5. The number of amides is 1. The van der Waals surface area contributed by atoms with Crippen LogP contribution in [-0.4, -0.2) is 31.1 Å². The number of carbonyl (C=O) groups excluding carboxylic acids is 3. The van der Waals surface area contributed by atoms with E-state index < -0.39 is 11.9 Å². The summed E-state index contributed by atoms with van der Waals surface area (Å²) in [7, 11) is 0. The van der Waals surface area contributed by atoms with Gasteiger partial charge in [0.05, 0.1) is 22.6 Å². The number of unbranched alkanes of at least 4 members (excludes halogenated alkanes) is 1. The highest BCUT2D eigenvalue weighted by atomic mass is 35.5. The van der Waals surface area contributed by atoms with Crippen molar-refractivity contribution in [1.82, 2.24) is 0 Å². The molecule has 0 unspecified atom stereocenters. The number of hydrogen-bond acceptors (Lipinski definition) is 5. The monoisotopic (exact) mass is 447 g/mol. The minimum absolute atomic E-state index is 0.195. The average molecular weight is 448 g/mol. The van der Waals surface area contributed by atoms with Gasteiger partial charge in [-0.3, -0.25) is 9.59 Å². The Balaban J connectivity index is 1.31. The van der Waals surface area contributed by atoms with Gasteiger partial charge in [-0.25, -0.2) is 4.79 Å².